The van der Waals surface area contributed by atoms with E-state index in [0.717, 1.165) is 12.0 Å². The van der Waals surface area contributed by atoms with Crippen molar-refractivity contribution in [1.29, 1.82) is 0 Å². The molecule has 0 radical (unpaired) electrons. The summed E-state index contributed by atoms with van der Waals surface area (Å²) in [5.74, 6) is 0. The Kier molecular flexibility index (Phi) is 4.58. The van der Waals surface area contributed by atoms with Crippen molar-refractivity contribution in [3.8, 4) is 0 Å². The Labute approximate surface area is 96.1 Å². The Morgan fingerprint density at radius 1 is 1.47 bits per heavy atom. The minimum atomic E-state index is -1.08. The zero-order chi connectivity index (χ0) is 11.3. The number of benzene rings is 1. The van der Waals surface area contributed by atoms with Gasteiger partial charge in [0.1, 0.15) is 0 Å². The SMILES string of the molecule is O=C(O)Nc1ccc(CCCO)cc1Br. The van der Waals surface area contributed by atoms with Gasteiger partial charge in [-0.25, -0.2) is 4.79 Å². The van der Waals surface area contributed by atoms with Crippen LogP contribution in [0.5, 0.6) is 0 Å². The number of aliphatic hydroxyl groups excluding tert-OH is 1. The Morgan fingerprint density at radius 3 is 2.73 bits per heavy atom. The smallest absolute Gasteiger partial charge is 0.409 e. The molecule has 0 atom stereocenters. The third kappa shape index (κ3) is 3.89. The molecule has 0 aliphatic rings. The van der Waals surface area contributed by atoms with Crippen LogP contribution in [0.2, 0.25) is 0 Å². The number of amides is 1. The van der Waals surface area contributed by atoms with E-state index in [1.54, 1.807) is 6.07 Å². The van der Waals surface area contributed by atoms with Crippen molar-refractivity contribution in [2.45, 2.75) is 12.8 Å². The van der Waals surface area contributed by atoms with Gasteiger partial charge >= 0.3 is 6.09 Å². The number of rotatable bonds is 4. The van der Waals surface area contributed by atoms with E-state index in [2.05, 4.69) is 21.2 Å². The van der Waals surface area contributed by atoms with Gasteiger partial charge in [0.25, 0.3) is 0 Å². The Morgan fingerprint density at radius 2 is 2.20 bits per heavy atom. The second-order valence-electron chi connectivity index (χ2n) is 3.07. The van der Waals surface area contributed by atoms with E-state index in [4.69, 9.17) is 10.2 Å². The van der Waals surface area contributed by atoms with E-state index in [1.165, 1.54) is 0 Å². The van der Waals surface area contributed by atoms with Crippen molar-refractivity contribution < 1.29 is 15.0 Å². The fourth-order valence-corrected chi connectivity index (χ4v) is 1.74. The lowest BCUT2D eigenvalue weighted by Gasteiger charge is -2.06. The predicted molar refractivity (Wildman–Crippen MR) is 61.2 cm³/mol. The largest absolute Gasteiger partial charge is 0.465 e. The highest BCUT2D eigenvalue weighted by atomic mass is 79.9. The van der Waals surface area contributed by atoms with Gasteiger partial charge in [-0.05, 0) is 46.5 Å². The first-order valence-corrected chi connectivity index (χ1v) is 5.32. The monoisotopic (exact) mass is 273 g/mol. The fourth-order valence-electron chi connectivity index (χ4n) is 1.21. The van der Waals surface area contributed by atoms with E-state index >= 15 is 0 Å². The van der Waals surface area contributed by atoms with Crippen molar-refractivity contribution in [2.24, 2.45) is 0 Å². The van der Waals surface area contributed by atoms with E-state index in [-0.39, 0.29) is 6.61 Å². The summed E-state index contributed by atoms with van der Waals surface area (Å²) in [6.07, 6.45) is 0.402. The number of aliphatic hydroxyl groups is 1. The molecule has 15 heavy (non-hydrogen) atoms. The number of aryl methyl sites for hydroxylation is 1. The molecular formula is C10H12BrNO3. The topological polar surface area (TPSA) is 69.6 Å². The Hall–Kier alpha value is -1.07. The van der Waals surface area contributed by atoms with Crippen molar-refractivity contribution >= 4 is 27.7 Å². The van der Waals surface area contributed by atoms with Gasteiger partial charge in [-0.1, -0.05) is 6.07 Å². The average Bonchev–Trinajstić information content (AvgIpc) is 2.18. The average molecular weight is 274 g/mol. The first-order valence-electron chi connectivity index (χ1n) is 4.52. The number of nitrogens with one attached hydrogen (secondary N) is 1. The second kappa shape index (κ2) is 5.72. The maximum absolute atomic E-state index is 10.4. The van der Waals surface area contributed by atoms with Crippen molar-refractivity contribution in [1.82, 2.24) is 0 Å². The first-order chi connectivity index (χ1) is 7.13. The molecule has 5 heteroatoms. The summed E-state index contributed by atoms with van der Waals surface area (Å²) >= 11 is 3.28. The van der Waals surface area contributed by atoms with Gasteiger partial charge in [-0.3, -0.25) is 5.32 Å². The summed E-state index contributed by atoms with van der Waals surface area (Å²) in [4.78, 5) is 10.4. The molecule has 0 saturated heterocycles. The van der Waals surface area contributed by atoms with Crippen LogP contribution >= 0.6 is 15.9 Å². The predicted octanol–water partition coefficient (Wildman–Crippen LogP) is 2.46. The molecule has 0 fully saturated rings. The van der Waals surface area contributed by atoms with Crippen LogP contribution in [0.1, 0.15) is 12.0 Å². The van der Waals surface area contributed by atoms with Crippen LogP contribution in [0.3, 0.4) is 0 Å². The quantitative estimate of drug-likeness (QED) is 0.789. The lowest BCUT2D eigenvalue weighted by molar-refractivity contribution is 0.209. The fraction of sp³-hybridized carbons (Fsp3) is 0.300. The summed E-state index contributed by atoms with van der Waals surface area (Å²) in [7, 11) is 0. The molecule has 0 unspecified atom stereocenters. The van der Waals surface area contributed by atoms with Gasteiger partial charge in [-0.2, -0.15) is 0 Å². The summed E-state index contributed by atoms with van der Waals surface area (Å²) < 4.78 is 0.709. The van der Waals surface area contributed by atoms with E-state index in [0.29, 0.717) is 16.6 Å². The lowest BCUT2D eigenvalue weighted by atomic mass is 10.1. The molecule has 0 heterocycles. The third-order valence-electron chi connectivity index (χ3n) is 1.90. The summed E-state index contributed by atoms with van der Waals surface area (Å²) in [5, 5.41) is 19.5. The summed E-state index contributed by atoms with van der Waals surface area (Å²) in [5.41, 5.74) is 1.59. The van der Waals surface area contributed by atoms with Crippen LogP contribution in [0.25, 0.3) is 0 Å². The van der Waals surface area contributed by atoms with Crippen LogP contribution in [0.15, 0.2) is 22.7 Å². The molecule has 82 valence electrons. The molecule has 1 aromatic carbocycles. The molecular weight excluding hydrogens is 262 g/mol. The van der Waals surface area contributed by atoms with E-state index < -0.39 is 6.09 Å². The van der Waals surface area contributed by atoms with Crippen molar-refractivity contribution in [3.63, 3.8) is 0 Å². The first kappa shape index (κ1) is 12.0. The minimum absolute atomic E-state index is 0.159. The molecule has 0 aliphatic heterocycles. The van der Waals surface area contributed by atoms with Crippen LogP contribution in [-0.4, -0.2) is 22.9 Å². The van der Waals surface area contributed by atoms with Gasteiger partial charge in [0.05, 0.1) is 5.69 Å². The van der Waals surface area contributed by atoms with Gasteiger partial charge < -0.3 is 10.2 Å². The highest BCUT2D eigenvalue weighted by Crippen LogP contribution is 2.24. The number of hydrogen-bond acceptors (Lipinski definition) is 2. The van der Waals surface area contributed by atoms with Gasteiger partial charge in [0, 0.05) is 11.1 Å². The van der Waals surface area contributed by atoms with Gasteiger partial charge in [0.15, 0.2) is 0 Å². The van der Waals surface area contributed by atoms with Gasteiger partial charge in [-0.15, -0.1) is 0 Å². The van der Waals surface area contributed by atoms with Crippen molar-refractivity contribution in [3.05, 3.63) is 28.2 Å². The Balaban J connectivity index is 2.74. The van der Waals surface area contributed by atoms with E-state index in [1.807, 2.05) is 12.1 Å². The normalized spacial score (nSPS) is 10.0. The second-order valence-corrected chi connectivity index (χ2v) is 3.93. The molecule has 0 saturated carbocycles. The standard InChI is InChI=1S/C10H12BrNO3/c11-8-6-7(2-1-5-13)3-4-9(8)12-10(14)15/h3-4,6,12-13H,1-2,5H2,(H,14,15). The molecule has 1 aromatic rings. The number of anilines is 1. The Bertz CT molecular complexity index is 355. The molecule has 0 aromatic heterocycles. The van der Waals surface area contributed by atoms with Crippen LogP contribution in [0, 0.1) is 0 Å². The summed E-state index contributed by atoms with van der Waals surface area (Å²) in [6.45, 7) is 0.159. The molecule has 1 rings (SSSR count). The molecule has 3 N–H and O–H groups in total. The molecule has 0 aliphatic carbocycles. The zero-order valence-corrected chi connectivity index (χ0v) is 9.62. The van der Waals surface area contributed by atoms with Crippen molar-refractivity contribution in [2.75, 3.05) is 11.9 Å². The molecule has 4 nitrogen and oxygen atoms in total. The highest BCUT2D eigenvalue weighted by molar-refractivity contribution is 9.10. The molecule has 1 amide bonds. The lowest BCUT2D eigenvalue weighted by Crippen LogP contribution is -2.07. The zero-order valence-electron chi connectivity index (χ0n) is 8.03. The molecule has 0 spiro atoms. The minimum Gasteiger partial charge on any atom is -0.465 e. The number of halogens is 1. The number of carbonyl (C=O) groups is 1. The van der Waals surface area contributed by atoms with Crippen LogP contribution in [0.4, 0.5) is 10.5 Å². The number of carboxylic acid groups (broad SMARTS) is 1. The number of hydrogen-bond donors (Lipinski definition) is 3. The maximum Gasteiger partial charge on any atom is 0.409 e. The maximum atomic E-state index is 10.4. The van der Waals surface area contributed by atoms with Crippen LogP contribution in [-0.2, 0) is 6.42 Å². The molecule has 0 bridgehead atoms. The van der Waals surface area contributed by atoms with E-state index in [9.17, 15) is 4.79 Å². The van der Waals surface area contributed by atoms with Gasteiger partial charge in [0.2, 0.25) is 0 Å². The third-order valence-corrected chi connectivity index (χ3v) is 2.55. The van der Waals surface area contributed by atoms with Crippen LogP contribution < -0.4 is 5.32 Å². The highest BCUT2D eigenvalue weighted by Gasteiger charge is 2.04. The summed E-state index contributed by atoms with van der Waals surface area (Å²) in [6, 6.07) is 5.39.